The molecular weight excluding hydrogens is 384 g/mol. The Morgan fingerprint density at radius 1 is 1.00 bits per heavy atom. The zero-order valence-corrected chi connectivity index (χ0v) is 14.3. The molecule has 7 nitrogen and oxygen atoms in total. The molecule has 148 valence electrons. The van der Waals surface area contributed by atoms with E-state index in [9.17, 15) is 27.2 Å². The molecule has 0 aliphatic carbocycles. The molecule has 1 amide bonds. The van der Waals surface area contributed by atoms with Crippen molar-refractivity contribution in [3.05, 3.63) is 53.0 Å². The third kappa shape index (κ3) is 3.87. The van der Waals surface area contributed by atoms with Gasteiger partial charge in [0.15, 0.2) is 11.5 Å². The fourth-order valence-electron chi connectivity index (χ4n) is 2.88. The van der Waals surface area contributed by atoms with E-state index in [2.05, 4.69) is 10.2 Å². The van der Waals surface area contributed by atoms with Gasteiger partial charge >= 0.3 is 12.1 Å². The highest BCUT2D eigenvalue weighted by Crippen LogP contribution is 2.33. The van der Waals surface area contributed by atoms with E-state index in [1.165, 1.54) is 12.1 Å². The van der Waals surface area contributed by atoms with Crippen molar-refractivity contribution >= 4 is 17.7 Å². The summed E-state index contributed by atoms with van der Waals surface area (Å²) in [5.74, 6) is -3.10. The minimum atomic E-state index is -4.85. The number of aromatic nitrogens is 2. The highest BCUT2D eigenvalue weighted by Gasteiger charge is 2.38. The molecule has 0 radical (unpaired) electrons. The average molecular weight is 398 g/mol. The Labute approximate surface area is 156 Å². The Hall–Kier alpha value is -3.24. The fourth-order valence-corrected chi connectivity index (χ4v) is 2.88. The van der Waals surface area contributed by atoms with Gasteiger partial charge in [-0.1, -0.05) is 6.07 Å². The summed E-state index contributed by atoms with van der Waals surface area (Å²) >= 11 is 0. The van der Waals surface area contributed by atoms with Crippen LogP contribution in [0.2, 0.25) is 0 Å². The topological polar surface area (TPSA) is 86.6 Å². The number of amides is 1. The van der Waals surface area contributed by atoms with E-state index in [1.807, 2.05) is 0 Å². The predicted molar refractivity (Wildman–Crippen MR) is 88.5 cm³/mol. The number of aromatic carboxylic acids is 1. The van der Waals surface area contributed by atoms with Crippen molar-refractivity contribution in [2.45, 2.75) is 6.18 Å². The number of carboxylic acids is 1. The minimum absolute atomic E-state index is 0.0484. The Morgan fingerprint density at radius 2 is 1.68 bits per heavy atom. The van der Waals surface area contributed by atoms with Crippen LogP contribution in [0.4, 0.5) is 23.4 Å². The summed E-state index contributed by atoms with van der Waals surface area (Å²) in [6.45, 7) is 0.547. The summed E-state index contributed by atoms with van der Waals surface area (Å²) in [6, 6.07) is 5.13. The van der Waals surface area contributed by atoms with E-state index in [4.69, 9.17) is 5.11 Å². The normalized spacial score (nSPS) is 14.9. The second-order valence-electron chi connectivity index (χ2n) is 6.02. The Bertz CT molecular complexity index is 894. The lowest BCUT2D eigenvalue weighted by atomic mass is 10.0. The van der Waals surface area contributed by atoms with Crippen LogP contribution in [-0.2, 0) is 6.18 Å². The Kier molecular flexibility index (Phi) is 5.16. The lowest BCUT2D eigenvalue weighted by molar-refractivity contribution is -0.138. The van der Waals surface area contributed by atoms with Crippen LogP contribution in [-0.4, -0.2) is 58.3 Å². The van der Waals surface area contributed by atoms with Crippen LogP contribution in [0.15, 0.2) is 30.3 Å². The van der Waals surface area contributed by atoms with Gasteiger partial charge in [-0.3, -0.25) is 4.79 Å². The highest BCUT2D eigenvalue weighted by atomic mass is 19.4. The van der Waals surface area contributed by atoms with Gasteiger partial charge in [0.2, 0.25) is 0 Å². The molecule has 3 rings (SSSR count). The van der Waals surface area contributed by atoms with E-state index in [-0.39, 0.29) is 31.9 Å². The first kappa shape index (κ1) is 19.5. The predicted octanol–water partition coefficient (Wildman–Crippen LogP) is 2.30. The number of benzene rings is 1. The first-order valence-electron chi connectivity index (χ1n) is 8.15. The molecule has 1 aliphatic rings. The van der Waals surface area contributed by atoms with E-state index >= 15 is 0 Å². The smallest absolute Gasteiger partial charge is 0.417 e. The zero-order valence-electron chi connectivity index (χ0n) is 14.3. The van der Waals surface area contributed by atoms with Gasteiger partial charge < -0.3 is 14.9 Å². The molecule has 1 aromatic carbocycles. The van der Waals surface area contributed by atoms with Gasteiger partial charge in [0.25, 0.3) is 5.91 Å². The van der Waals surface area contributed by atoms with Crippen molar-refractivity contribution in [2.75, 3.05) is 31.1 Å². The fraction of sp³-hybridized carbons (Fsp3) is 0.294. The number of hydrogen-bond donors (Lipinski definition) is 1. The third-order valence-electron chi connectivity index (χ3n) is 4.29. The Morgan fingerprint density at radius 3 is 2.21 bits per heavy atom. The SMILES string of the molecule is O=C(O)c1ccc(N2CCN(C(=O)c3c(F)cccc3C(F)(F)F)CC2)nn1. The molecule has 1 N–H and O–H groups in total. The van der Waals surface area contributed by atoms with E-state index in [0.29, 0.717) is 11.9 Å². The van der Waals surface area contributed by atoms with Gasteiger partial charge in [0.05, 0.1) is 11.1 Å². The monoisotopic (exact) mass is 398 g/mol. The number of carbonyl (C=O) groups is 2. The van der Waals surface area contributed by atoms with Gasteiger partial charge in [-0.25, -0.2) is 9.18 Å². The number of carboxylic acid groups (broad SMARTS) is 1. The largest absolute Gasteiger partial charge is 0.476 e. The van der Waals surface area contributed by atoms with Crippen molar-refractivity contribution in [1.29, 1.82) is 0 Å². The van der Waals surface area contributed by atoms with Gasteiger partial charge in [-0.15, -0.1) is 10.2 Å². The van der Waals surface area contributed by atoms with Crippen LogP contribution in [0, 0.1) is 5.82 Å². The number of anilines is 1. The Balaban J connectivity index is 1.73. The summed E-state index contributed by atoms with van der Waals surface area (Å²) in [4.78, 5) is 26.2. The summed E-state index contributed by atoms with van der Waals surface area (Å²) in [5.41, 5.74) is -2.53. The van der Waals surface area contributed by atoms with E-state index in [1.54, 1.807) is 4.90 Å². The minimum Gasteiger partial charge on any atom is -0.476 e. The highest BCUT2D eigenvalue weighted by molar-refractivity contribution is 5.96. The lowest BCUT2D eigenvalue weighted by Crippen LogP contribution is -2.49. The maximum Gasteiger partial charge on any atom is 0.417 e. The van der Waals surface area contributed by atoms with Crippen molar-refractivity contribution < 1.29 is 32.3 Å². The van der Waals surface area contributed by atoms with Crippen LogP contribution in [0.3, 0.4) is 0 Å². The first-order chi connectivity index (χ1) is 13.2. The molecule has 0 atom stereocenters. The lowest BCUT2D eigenvalue weighted by Gasteiger charge is -2.35. The second kappa shape index (κ2) is 7.41. The van der Waals surface area contributed by atoms with Gasteiger partial charge in [-0.05, 0) is 24.3 Å². The number of piperazine rings is 1. The zero-order chi connectivity index (χ0) is 20.5. The number of nitrogens with zero attached hydrogens (tertiary/aromatic N) is 4. The number of carbonyl (C=O) groups excluding carboxylic acids is 1. The molecular formula is C17H14F4N4O3. The van der Waals surface area contributed by atoms with Crippen LogP contribution in [0.5, 0.6) is 0 Å². The molecule has 11 heteroatoms. The third-order valence-corrected chi connectivity index (χ3v) is 4.29. The average Bonchev–Trinajstić information content (AvgIpc) is 2.67. The molecule has 2 heterocycles. The van der Waals surface area contributed by atoms with Crippen molar-refractivity contribution in [1.82, 2.24) is 15.1 Å². The number of halogens is 4. The van der Waals surface area contributed by atoms with Crippen molar-refractivity contribution in [3.63, 3.8) is 0 Å². The molecule has 28 heavy (non-hydrogen) atoms. The number of hydrogen-bond acceptors (Lipinski definition) is 5. The molecule has 0 unspecified atom stereocenters. The maximum absolute atomic E-state index is 14.0. The first-order valence-corrected chi connectivity index (χ1v) is 8.15. The molecule has 2 aromatic rings. The number of alkyl halides is 3. The molecule has 1 aliphatic heterocycles. The van der Waals surface area contributed by atoms with E-state index < -0.39 is 35.0 Å². The van der Waals surface area contributed by atoms with Crippen LogP contribution >= 0.6 is 0 Å². The van der Waals surface area contributed by atoms with Gasteiger partial charge in [0, 0.05) is 26.2 Å². The van der Waals surface area contributed by atoms with Crippen molar-refractivity contribution in [2.24, 2.45) is 0 Å². The molecule has 0 bridgehead atoms. The quantitative estimate of drug-likeness (QED) is 0.799. The molecule has 1 fully saturated rings. The maximum atomic E-state index is 14.0. The van der Waals surface area contributed by atoms with Crippen molar-refractivity contribution in [3.8, 4) is 0 Å². The van der Waals surface area contributed by atoms with E-state index in [0.717, 1.165) is 17.0 Å². The summed E-state index contributed by atoms with van der Waals surface area (Å²) in [5, 5.41) is 16.2. The summed E-state index contributed by atoms with van der Waals surface area (Å²) in [7, 11) is 0. The molecule has 0 spiro atoms. The van der Waals surface area contributed by atoms with Crippen LogP contribution < -0.4 is 4.90 Å². The second-order valence-corrected chi connectivity index (χ2v) is 6.02. The molecule has 1 saturated heterocycles. The van der Waals surface area contributed by atoms with Crippen LogP contribution in [0.1, 0.15) is 26.4 Å². The van der Waals surface area contributed by atoms with Gasteiger partial charge in [0.1, 0.15) is 5.82 Å². The summed E-state index contributed by atoms with van der Waals surface area (Å²) < 4.78 is 53.4. The molecule has 1 aromatic heterocycles. The number of rotatable bonds is 3. The standard InChI is InChI=1S/C17H14F4N4O3/c18-11-3-1-2-10(17(19,20)21)14(11)15(26)25-8-6-24(7-9-25)13-5-4-12(16(27)28)22-23-13/h1-5H,6-9H2,(H,27,28). The molecule has 0 saturated carbocycles. The van der Waals surface area contributed by atoms with Crippen LogP contribution in [0.25, 0.3) is 0 Å². The summed E-state index contributed by atoms with van der Waals surface area (Å²) in [6.07, 6.45) is -4.85. The van der Waals surface area contributed by atoms with Gasteiger partial charge in [-0.2, -0.15) is 13.2 Å².